The molecule has 0 radical (unpaired) electrons. The van der Waals surface area contributed by atoms with Gasteiger partial charge < -0.3 is 4.98 Å². The first-order valence-corrected chi connectivity index (χ1v) is 1.75. The number of aromatic nitrogens is 3. The molecule has 1 aromatic rings. The molecule has 0 saturated heterocycles. The molecule has 0 spiro atoms. The molecular weight excluding hydrogens is 221 g/mol. The van der Waals surface area contributed by atoms with Crippen molar-refractivity contribution in [3.05, 3.63) is 22.9 Å². The zero-order valence-corrected chi connectivity index (χ0v) is 6.20. The van der Waals surface area contributed by atoms with Crippen LogP contribution in [0.25, 0.3) is 0 Å². The van der Waals surface area contributed by atoms with Crippen LogP contribution in [-0.4, -0.2) is 15.2 Å². The zero-order chi connectivity index (χ0) is 5.11. The van der Waals surface area contributed by atoms with Crippen molar-refractivity contribution in [1.29, 1.82) is 0 Å². The number of H-pyrrole nitrogens is 1. The first-order valence-electron chi connectivity index (χ1n) is 1.75. The Balaban J connectivity index is 0.000000490. The van der Waals surface area contributed by atoms with Crippen LogP contribution in [0.15, 0.2) is 17.3 Å². The van der Waals surface area contributed by atoms with Crippen molar-refractivity contribution in [3.8, 4) is 0 Å². The van der Waals surface area contributed by atoms with Crippen molar-refractivity contribution in [2.45, 2.75) is 0 Å². The number of hydrogen-bond donors (Lipinski definition) is 1. The molecule has 0 saturated carbocycles. The number of nitrogens with zero attached hydrogens (tertiary/aromatic N) is 2. The van der Waals surface area contributed by atoms with Gasteiger partial charge in [0.15, 0.2) is 0 Å². The molecule has 1 heterocycles. The van der Waals surface area contributed by atoms with Gasteiger partial charge in [0.05, 0.1) is 0 Å². The van der Waals surface area contributed by atoms with Crippen LogP contribution in [0.3, 0.4) is 0 Å². The minimum atomic E-state index is -0.227. The fourth-order valence-corrected chi connectivity index (χ4v) is 0.249. The summed E-state index contributed by atoms with van der Waals surface area (Å²) in [4.78, 5) is 12.4. The summed E-state index contributed by atoms with van der Waals surface area (Å²) in [6.07, 6.45) is 2.35. The van der Waals surface area contributed by atoms with Crippen LogP contribution >= 0.6 is 24.0 Å². The van der Waals surface area contributed by atoms with Crippen molar-refractivity contribution in [1.82, 2.24) is 15.2 Å². The Bertz CT molecular complexity index is 180. The maximum Gasteiger partial charge on any atom is 0.269 e. The molecule has 0 aliphatic carbocycles. The van der Waals surface area contributed by atoms with Crippen molar-refractivity contribution in [2.24, 2.45) is 0 Å². The monoisotopic (exact) mass is 225 g/mol. The normalized spacial score (nSPS) is 7.50. The molecule has 0 aliphatic rings. The molecule has 0 unspecified atom stereocenters. The molecule has 0 bridgehead atoms. The summed E-state index contributed by atoms with van der Waals surface area (Å²) in [7, 11) is 0. The number of hydrogen-bond acceptors (Lipinski definition) is 3. The van der Waals surface area contributed by atoms with E-state index in [1.807, 2.05) is 0 Å². The third-order valence-electron chi connectivity index (χ3n) is 0.506. The smallest absolute Gasteiger partial charge is 0.269 e. The van der Waals surface area contributed by atoms with E-state index >= 15 is 0 Å². The Labute approximate surface area is 62.4 Å². The zero-order valence-electron chi connectivity index (χ0n) is 3.87. The highest BCUT2D eigenvalue weighted by atomic mass is 127. The van der Waals surface area contributed by atoms with E-state index in [0.717, 1.165) is 6.20 Å². The Morgan fingerprint density at radius 1 is 1.50 bits per heavy atom. The van der Waals surface area contributed by atoms with E-state index in [1.165, 1.54) is 6.33 Å². The molecule has 44 valence electrons. The Hall–Kier alpha value is -0.460. The van der Waals surface area contributed by atoms with Crippen LogP contribution in [0.5, 0.6) is 0 Å². The standard InChI is InChI=1S/C3H3N3O.HI/c7-3-1-5-6-2-4-3;/h1-2H,(H,4,6,7);1H. The lowest BCUT2D eigenvalue weighted by atomic mass is 10.9. The predicted molar refractivity (Wildman–Crippen MR) is 38.1 cm³/mol. The van der Waals surface area contributed by atoms with Crippen LogP contribution in [0.2, 0.25) is 0 Å². The van der Waals surface area contributed by atoms with Crippen molar-refractivity contribution >= 4 is 24.0 Å². The molecule has 0 amide bonds. The van der Waals surface area contributed by atoms with E-state index in [1.54, 1.807) is 0 Å². The summed E-state index contributed by atoms with van der Waals surface area (Å²) in [6, 6.07) is 0. The maximum atomic E-state index is 10.1. The van der Waals surface area contributed by atoms with Crippen LogP contribution in [0.1, 0.15) is 0 Å². The summed E-state index contributed by atoms with van der Waals surface area (Å²) in [5.74, 6) is 0. The second-order valence-electron chi connectivity index (χ2n) is 0.998. The molecule has 1 N–H and O–H groups in total. The van der Waals surface area contributed by atoms with E-state index in [-0.39, 0.29) is 29.5 Å². The average molecular weight is 225 g/mol. The van der Waals surface area contributed by atoms with Crippen molar-refractivity contribution < 1.29 is 0 Å². The Kier molecular flexibility index (Phi) is 3.33. The van der Waals surface area contributed by atoms with E-state index in [9.17, 15) is 4.79 Å². The van der Waals surface area contributed by atoms with Gasteiger partial charge in [0.1, 0.15) is 12.5 Å². The number of aromatic amines is 1. The van der Waals surface area contributed by atoms with Crippen LogP contribution in [0.4, 0.5) is 0 Å². The van der Waals surface area contributed by atoms with Gasteiger partial charge in [-0.1, -0.05) is 0 Å². The van der Waals surface area contributed by atoms with Crippen LogP contribution in [0, 0.1) is 0 Å². The first kappa shape index (κ1) is 7.54. The lowest BCUT2D eigenvalue weighted by Crippen LogP contribution is -2.03. The average Bonchev–Trinajstić information content (AvgIpc) is 1.69. The van der Waals surface area contributed by atoms with Crippen molar-refractivity contribution in [2.75, 3.05) is 0 Å². The topological polar surface area (TPSA) is 58.6 Å². The van der Waals surface area contributed by atoms with Crippen LogP contribution in [-0.2, 0) is 0 Å². The minimum absolute atomic E-state index is 0. The maximum absolute atomic E-state index is 10.1. The summed E-state index contributed by atoms with van der Waals surface area (Å²) >= 11 is 0. The molecule has 8 heavy (non-hydrogen) atoms. The summed E-state index contributed by atoms with van der Waals surface area (Å²) in [5.41, 5.74) is -0.227. The number of rotatable bonds is 0. The third kappa shape index (κ3) is 2.01. The van der Waals surface area contributed by atoms with Crippen molar-refractivity contribution in [3.63, 3.8) is 0 Å². The predicted octanol–water partition coefficient (Wildman–Crippen LogP) is -0.217. The Morgan fingerprint density at radius 2 is 2.25 bits per heavy atom. The van der Waals surface area contributed by atoms with Gasteiger partial charge in [-0.3, -0.25) is 4.79 Å². The molecule has 0 fully saturated rings. The minimum Gasteiger partial charge on any atom is -0.310 e. The molecular formula is C3H4IN3O. The molecule has 0 aliphatic heterocycles. The van der Waals surface area contributed by atoms with E-state index in [2.05, 4.69) is 15.2 Å². The van der Waals surface area contributed by atoms with Gasteiger partial charge in [-0.25, -0.2) is 0 Å². The van der Waals surface area contributed by atoms with E-state index in [4.69, 9.17) is 0 Å². The summed E-state index contributed by atoms with van der Waals surface area (Å²) < 4.78 is 0. The molecule has 0 aromatic carbocycles. The fraction of sp³-hybridized carbons (Fsp3) is 0. The molecule has 5 heteroatoms. The van der Waals surface area contributed by atoms with Gasteiger partial charge in [-0.2, -0.15) is 5.10 Å². The molecule has 1 aromatic heterocycles. The van der Waals surface area contributed by atoms with E-state index < -0.39 is 0 Å². The highest BCUT2D eigenvalue weighted by molar-refractivity contribution is 14.0. The van der Waals surface area contributed by atoms with Crippen LogP contribution < -0.4 is 5.56 Å². The van der Waals surface area contributed by atoms with Gasteiger partial charge >= 0.3 is 0 Å². The largest absolute Gasteiger partial charge is 0.310 e. The van der Waals surface area contributed by atoms with Gasteiger partial charge in [-0.05, 0) is 0 Å². The molecule has 1 rings (SSSR count). The number of nitrogens with one attached hydrogen (secondary N) is 1. The highest BCUT2D eigenvalue weighted by Crippen LogP contribution is 1.48. The number of halogens is 1. The van der Waals surface area contributed by atoms with Gasteiger partial charge in [0.2, 0.25) is 0 Å². The second kappa shape index (κ2) is 3.53. The van der Waals surface area contributed by atoms with Gasteiger partial charge in [0.25, 0.3) is 5.56 Å². The third-order valence-corrected chi connectivity index (χ3v) is 0.506. The first-order chi connectivity index (χ1) is 3.39. The van der Waals surface area contributed by atoms with Gasteiger partial charge in [0, 0.05) is 0 Å². The quantitative estimate of drug-likeness (QED) is 0.621. The summed E-state index contributed by atoms with van der Waals surface area (Å²) in [5, 5.41) is 6.63. The summed E-state index contributed by atoms with van der Waals surface area (Å²) in [6.45, 7) is 0. The highest BCUT2D eigenvalue weighted by Gasteiger charge is 1.71. The fourth-order valence-electron chi connectivity index (χ4n) is 0.249. The lowest BCUT2D eigenvalue weighted by molar-refractivity contribution is 0.943. The second-order valence-corrected chi connectivity index (χ2v) is 0.998. The van der Waals surface area contributed by atoms with E-state index in [0.29, 0.717) is 0 Å². The SMILES string of the molecule is I.O=c1cnnc[nH]1. The molecule has 4 nitrogen and oxygen atoms in total. The Morgan fingerprint density at radius 3 is 2.50 bits per heavy atom. The lowest BCUT2D eigenvalue weighted by Gasteiger charge is -1.72. The van der Waals surface area contributed by atoms with Gasteiger partial charge in [-0.15, -0.1) is 29.1 Å². The molecule has 0 atom stereocenters.